The van der Waals surface area contributed by atoms with Crippen LogP contribution in [0.5, 0.6) is 5.75 Å². The minimum absolute atomic E-state index is 0.0215. The quantitative estimate of drug-likeness (QED) is 0.584. The number of hydrogen-bond acceptors (Lipinski definition) is 4. The number of carbonyl (C=O) groups excluding carboxylic acids is 2. The predicted molar refractivity (Wildman–Crippen MR) is 121 cm³/mol. The Morgan fingerprint density at radius 1 is 1.17 bits per heavy atom. The number of ether oxygens (including phenoxy) is 1. The van der Waals surface area contributed by atoms with Crippen LogP contribution in [0.1, 0.15) is 61.6 Å². The number of thiophene rings is 1. The maximum absolute atomic E-state index is 13.4. The lowest BCUT2D eigenvalue weighted by Gasteiger charge is -2.37. The molecule has 0 N–H and O–H groups in total. The van der Waals surface area contributed by atoms with E-state index in [2.05, 4.69) is 18.4 Å². The van der Waals surface area contributed by atoms with Crippen molar-refractivity contribution in [1.29, 1.82) is 0 Å². The van der Waals surface area contributed by atoms with Gasteiger partial charge in [0.1, 0.15) is 5.75 Å². The van der Waals surface area contributed by atoms with Crippen molar-refractivity contribution in [2.24, 2.45) is 0 Å². The van der Waals surface area contributed by atoms with Crippen molar-refractivity contribution in [1.82, 2.24) is 9.80 Å². The van der Waals surface area contributed by atoms with Gasteiger partial charge in [0.2, 0.25) is 11.8 Å². The summed E-state index contributed by atoms with van der Waals surface area (Å²) in [6, 6.07) is 9.97. The van der Waals surface area contributed by atoms with Crippen LogP contribution in [-0.4, -0.2) is 48.4 Å². The van der Waals surface area contributed by atoms with Crippen molar-refractivity contribution in [3.05, 3.63) is 51.7 Å². The summed E-state index contributed by atoms with van der Waals surface area (Å²) in [5.74, 6) is 0.899. The number of amides is 2. The molecule has 0 radical (unpaired) electrons. The number of unbranched alkanes of at least 4 members (excludes halogenated alkanes) is 1. The molecule has 0 unspecified atom stereocenters. The van der Waals surface area contributed by atoms with Crippen LogP contribution in [0.3, 0.4) is 0 Å². The van der Waals surface area contributed by atoms with Gasteiger partial charge in [0.25, 0.3) is 0 Å². The van der Waals surface area contributed by atoms with Gasteiger partial charge in [0.15, 0.2) is 0 Å². The average molecular weight is 429 g/mol. The van der Waals surface area contributed by atoms with E-state index in [0.717, 1.165) is 37.0 Å². The number of fused-ring (bicyclic) bond motifs is 1. The number of carbonyl (C=O) groups is 2. The Hall–Kier alpha value is -2.34. The first-order valence-corrected chi connectivity index (χ1v) is 11.7. The highest BCUT2D eigenvalue weighted by atomic mass is 32.1. The third kappa shape index (κ3) is 5.04. The first-order chi connectivity index (χ1) is 14.6. The molecule has 2 heterocycles. The molecule has 2 aromatic rings. The molecule has 162 valence electrons. The van der Waals surface area contributed by atoms with Gasteiger partial charge >= 0.3 is 0 Å². The average Bonchev–Trinajstić information content (AvgIpc) is 3.25. The first-order valence-electron chi connectivity index (χ1n) is 10.9. The summed E-state index contributed by atoms with van der Waals surface area (Å²) in [5.41, 5.74) is 2.27. The van der Waals surface area contributed by atoms with Gasteiger partial charge in [-0.3, -0.25) is 9.59 Å². The van der Waals surface area contributed by atoms with E-state index in [1.807, 2.05) is 36.1 Å². The minimum Gasteiger partial charge on any atom is -0.497 e. The molecule has 6 heteroatoms. The van der Waals surface area contributed by atoms with Gasteiger partial charge in [-0.2, -0.15) is 0 Å². The molecular weight excluding hydrogens is 396 g/mol. The Kier molecular flexibility index (Phi) is 7.91. The molecule has 1 aliphatic heterocycles. The van der Waals surface area contributed by atoms with E-state index in [-0.39, 0.29) is 24.4 Å². The van der Waals surface area contributed by atoms with Gasteiger partial charge in [0, 0.05) is 24.4 Å². The Labute approximate surface area is 183 Å². The van der Waals surface area contributed by atoms with E-state index in [4.69, 9.17) is 4.74 Å². The lowest BCUT2D eigenvalue weighted by atomic mass is 9.93. The molecule has 0 bridgehead atoms. The molecule has 30 heavy (non-hydrogen) atoms. The van der Waals surface area contributed by atoms with Crippen LogP contribution in [0.2, 0.25) is 0 Å². The molecule has 0 saturated carbocycles. The maximum Gasteiger partial charge on any atom is 0.242 e. The fourth-order valence-corrected chi connectivity index (χ4v) is 4.90. The second-order valence-corrected chi connectivity index (χ2v) is 8.73. The highest BCUT2D eigenvalue weighted by Crippen LogP contribution is 2.38. The van der Waals surface area contributed by atoms with E-state index in [0.29, 0.717) is 19.5 Å². The molecule has 2 amide bonds. The summed E-state index contributed by atoms with van der Waals surface area (Å²) in [6.45, 7) is 5.58. The van der Waals surface area contributed by atoms with Crippen molar-refractivity contribution in [2.75, 3.05) is 26.7 Å². The molecule has 3 rings (SSSR count). The maximum atomic E-state index is 13.4. The highest BCUT2D eigenvalue weighted by molar-refractivity contribution is 7.10. The van der Waals surface area contributed by atoms with Crippen LogP contribution in [0.25, 0.3) is 0 Å². The summed E-state index contributed by atoms with van der Waals surface area (Å²) in [6.07, 6.45) is 4.07. The molecule has 1 aromatic heterocycles. The van der Waals surface area contributed by atoms with Crippen molar-refractivity contribution in [2.45, 2.75) is 52.0 Å². The van der Waals surface area contributed by atoms with Crippen LogP contribution >= 0.6 is 11.3 Å². The van der Waals surface area contributed by atoms with Gasteiger partial charge in [-0.15, -0.1) is 11.3 Å². The summed E-state index contributed by atoms with van der Waals surface area (Å²) in [5, 5.41) is 2.10. The Morgan fingerprint density at radius 3 is 2.60 bits per heavy atom. The van der Waals surface area contributed by atoms with Crippen LogP contribution in [0.4, 0.5) is 0 Å². The predicted octanol–water partition coefficient (Wildman–Crippen LogP) is 4.66. The van der Waals surface area contributed by atoms with Gasteiger partial charge in [-0.25, -0.2) is 0 Å². The molecule has 0 aliphatic carbocycles. The summed E-state index contributed by atoms with van der Waals surface area (Å²) in [7, 11) is 1.65. The number of benzene rings is 1. The molecule has 0 spiro atoms. The third-order valence-corrected chi connectivity index (χ3v) is 6.64. The lowest BCUT2D eigenvalue weighted by molar-refractivity contribution is -0.141. The second kappa shape index (κ2) is 10.6. The van der Waals surface area contributed by atoms with Crippen LogP contribution in [-0.2, 0) is 16.0 Å². The molecule has 1 aromatic carbocycles. The molecule has 5 nitrogen and oxygen atoms in total. The van der Waals surface area contributed by atoms with E-state index < -0.39 is 0 Å². The number of nitrogens with zero attached hydrogens (tertiary/aromatic N) is 2. The molecule has 1 aliphatic rings. The smallest absolute Gasteiger partial charge is 0.242 e. The number of rotatable bonds is 9. The zero-order valence-corrected chi connectivity index (χ0v) is 19.0. The molecule has 0 saturated heterocycles. The Bertz CT molecular complexity index is 846. The highest BCUT2D eigenvalue weighted by Gasteiger charge is 2.33. The zero-order valence-electron chi connectivity index (χ0n) is 18.2. The van der Waals surface area contributed by atoms with Crippen molar-refractivity contribution in [3.8, 4) is 5.75 Å². The Balaban J connectivity index is 1.85. The minimum atomic E-state index is -0.118. The van der Waals surface area contributed by atoms with Crippen molar-refractivity contribution >= 4 is 23.2 Å². The summed E-state index contributed by atoms with van der Waals surface area (Å²) >= 11 is 1.75. The lowest BCUT2D eigenvalue weighted by Crippen LogP contribution is -2.47. The second-order valence-electron chi connectivity index (χ2n) is 7.73. The van der Waals surface area contributed by atoms with E-state index in [1.54, 1.807) is 23.3 Å². The largest absolute Gasteiger partial charge is 0.497 e. The van der Waals surface area contributed by atoms with Crippen LogP contribution < -0.4 is 4.74 Å². The Morgan fingerprint density at radius 2 is 1.93 bits per heavy atom. The third-order valence-electron chi connectivity index (χ3n) is 5.64. The van der Waals surface area contributed by atoms with Crippen molar-refractivity contribution in [3.63, 3.8) is 0 Å². The van der Waals surface area contributed by atoms with E-state index >= 15 is 0 Å². The first kappa shape index (κ1) is 22.3. The van der Waals surface area contributed by atoms with Crippen molar-refractivity contribution < 1.29 is 14.3 Å². The zero-order chi connectivity index (χ0) is 21.5. The number of hydrogen-bond donors (Lipinski definition) is 0. The monoisotopic (exact) mass is 428 g/mol. The molecular formula is C24H32N2O3S. The fourth-order valence-electron chi connectivity index (χ4n) is 4.00. The van der Waals surface area contributed by atoms with E-state index in [1.165, 1.54) is 10.4 Å². The van der Waals surface area contributed by atoms with Crippen LogP contribution in [0, 0.1) is 0 Å². The summed E-state index contributed by atoms with van der Waals surface area (Å²) < 4.78 is 5.30. The number of methoxy groups -OCH3 is 1. The topological polar surface area (TPSA) is 49.9 Å². The van der Waals surface area contributed by atoms with Gasteiger partial charge < -0.3 is 14.5 Å². The SMILES string of the molecule is CCCCN(CC(=O)N1CCc2sccc2[C@@H]1c1ccc(OC)cc1)C(=O)CCC. The van der Waals surface area contributed by atoms with Crippen LogP contribution in [0.15, 0.2) is 35.7 Å². The molecule has 0 fully saturated rings. The van der Waals surface area contributed by atoms with Gasteiger partial charge in [0.05, 0.1) is 19.7 Å². The van der Waals surface area contributed by atoms with Gasteiger partial charge in [-0.1, -0.05) is 32.4 Å². The standard InChI is InChI=1S/C24H32N2O3S/c1-4-6-14-25(22(27)7-5-2)17-23(28)26-15-12-21-20(13-16-30-21)24(26)18-8-10-19(29-3)11-9-18/h8-11,13,16,24H,4-7,12,14-15,17H2,1-3H3/t24-/m0/s1. The molecule has 1 atom stereocenters. The normalized spacial score (nSPS) is 15.6. The van der Waals surface area contributed by atoms with Gasteiger partial charge in [-0.05, 0) is 54.0 Å². The van der Waals surface area contributed by atoms with E-state index in [9.17, 15) is 9.59 Å². The summed E-state index contributed by atoms with van der Waals surface area (Å²) in [4.78, 5) is 31.1. The fraction of sp³-hybridized carbons (Fsp3) is 0.500.